The Labute approximate surface area is 218 Å². The van der Waals surface area contributed by atoms with Crippen LogP contribution in [0.1, 0.15) is 56.6 Å². The van der Waals surface area contributed by atoms with Crippen LogP contribution in [0.4, 0.5) is 14.5 Å². The predicted octanol–water partition coefficient (Wildman–Crippen LogP) is 4.03. The molecule has 4 heterocycles. The molecule has 0 radical (unpaired) electrons. The molecule has 11 heteroatoms. The van der Waals surface area contributed by atoms with E-state index in [0.717, 1.165) is 30.4 Å². The molecule has 1 aliphatic rings. The van der Waals surface area contributed by atoms with Crippen molar-refractivity contribution in [3.8, 4) is 6.07 Å². The summed E-state index contributed by atoms with van der Waals surface area (Å²) in [5, 5.41) is 9.14. The van der Waals surface area contributed by atoms with Crippen LogP contribution >= 0.6 is 0 Å². The number of hydrogen-bond donors (Lipinski definition) is 0. The Balaban J connectivity index is 1.47. The number of alkyl halides is 2. The van der Waals surface area contributed by atoms with E-state index < -0.39 is 6.43 Å². The molecule has 1 fully saturated rings. The van der Waals surface area contributed by atoms with Crippen molar-refractivity contribution in [3.63, 3.8) is 0 Å². The number of piperazine rings is 1. The summed E-state index contributed by atoms with van der Waals surface area (Å²) in [5.74, 6) is 0. The fourth-order valence-electron chi connectivity index (χ4n) is 5.42. The van der Waals surface area contributed by atoms with Gasteiger partial charge in [0.15, 0.2) is 5.65 Å². The molecule has 4 aromatic rings. The number of imidazole rings is 1. The van der Waals surface area contributed by atoms with E-state index in [4.69, 9.17) is 5.26 Å². The zero-order valence-electron chi connectivity index (χ0n) is 21.8. The summed E-state index contributed by atoms with van der Waals surface area (Å²) in [7, 11) is 1.69. The molecule has 198 valence electrons. The maximum atomic E-state index is 13.2. The number of benzene rings is 1. The van der Waals surface area contributed by atoms with Crippen LogP contribution in [0.25, 0.3) is 16.7 Å². The van der Waals surface area contributed by atoms with Crippen LogP contribution in [0.15, 0.2) is 41.5 Å². The highest BCUT2D eigenvalue weighted by molar-refractivity contribution is 5.75. The zero-order valence-corrected chi connectivity index (χ0v) is 21.8. The molecule has 0 saturated carbocycles. The first-order valence-electron chi connectivity index (χ1n) is 12.7. The molecule has 1 saturated heterocycles. The van der Waals surface area contributed by atoms with E-state index >= 15 is 0 Å². The van der Waals surface area contributed by atoms with Crippen LogP contribution < -0.4 is 10.5 Å². The van der Waals surface area contributed by atoms with Crippen LogP contribution in [-0.4, -0.2) is 54.2 Å². The third kappa shape index (κ3) is 4.49. The Morgan fingerprint density at radius 2 is 1.97 bits per heavy atom. The lowest BCUT2D eigenvalue weighted by atomic mass is 9.98. The molecule has 1 aliphatic heterocycles. The highest BCUT2D eigenvalue weighted by Gasteiger charge is 2.35. The first-order chi connectivity index (χ1) is 18.2. The third-order valence-electron chi connectivity index (χ3n) is 7.58. The predicted molar refractivity (Wildman–Crippen MR) is 140 cm³/mol. The van der Waals surface area contributed by atoms with Crippen molar-refractivity contribution < 1.29 is 8.78 Å². The molecule has 38 heavy (non-hydrogen) atoms. The largest absolute Gasteiger partial charge is 0.363 e. The van der Waals surface area contributed by atoms with Gasteiger partial charge in [-0.1, -0.05) is 13.0 Å². The molecule has 0 amide bonds. The lowest BCUT2D eigenvalue weighted by Gasteiger charge is -2.48. The van der Waals surface area contributed by atoms with Gasteiger partial charge in [-0.15, -0.1) is 0 Å². The van der Waals surface area contributed by atoms with E-state index in [-0.39, 0.29) is 35.8 Å². The Morgan fingerprint density at radius 3 is 2.68 bits per heavy atom. The van der Waals surface area contributed by atoms with Gasteiger partial charge in [-0.2, -0.15) is 5.26 Å². The second-order valence-electron chi connectivity index (χ2n) is 9.91. The minimum atomic E-state index is -2.67. The lowest BCUT2D eigenvalue weighted by molar-refractivity contribution is 0.106. The van der Waals surface area contributed by atoms with E-state index in [9.17, 15) is 13.6 Å². The average Bonchev–Trinajstić information content (AvgIpc) is 3.34. The first kappa shape index (κ1) is 25.7. The number of nitriles is 1. The van der Waals surface area contributed by atoms with Crippen molar-refractivity contribution in [1.82, 2.24) is 29.0 Å². The van der Waals surface area contributed by atoms with Gasteiger partial charge >= 0.3 is 0 Å². The number of nitrogens with zero attached hydrogens (tertiary/aromatic N) is 8. The molecule has 0 bridgehead atoms. The second-order valence-corrected chi connectivity index (χ2v) is 9.91. The van der Waals surface area contributed by atoms with Gasteiger partial charge < -0.3 is 4.90 Å². The summed E-state index contributed by atoms with van der Waals surface area (Å²) in [6, 6.07) is 9.69. The summed E-state index contributed by atoms with van der Waals surface area (Å²) in [6.45, 7) is 7.80. The normalized spacial score (nSPS) is 19.4. The standard InChI is InChI=1S/C27H30F2N8O/c1-5-20-15-35(24-11-25(38)34(4)37-14-19(8-9-30)32-27(24)37)16(2)13-36(20)17(3)18-6-7-21-22(10-18)33-23(12-31-21)26(28)29/h6-7,10-12,14,16-17,20,26H,5,8,13,15H2,1-4H3/t16-,17?,20+/m0/s1. The fourth-order valence-corrected chi connectivity index (χ4v) is 5.42. The molecule has 0 N–H and O–H groups in total. The number of aryl methyl sites for hydroxylation is 1. The molecule has 3 atom stereocenters. The monoisotopic (exact) mass is 520 g/mol. The summed E-state index contributed by atoms with van der Waals surface area (Å²) in [5.41, 5.74) is 3.60. The van der Waals surface area contributed by atoms with Crippen LogP contribution in [0.2, 0.25) is 0 Å². The van der Waals surface area contributed by atoms with Crippen molar-refractivity contribution in [2.24, 2.45) is 7.05 Å². The van der Waals surface area contributed by atoms with E-state index in [2.05, 4.69) is 51.6 Å². The van der Waals surface area contributed by atoms with Crippen molar-refractivity contribution in [3.05, 3.63) is 64.0 Å². The highest BCUT2D eigenvalue weighted by Crippen LogP contribution is 2.33. The minimum absolute atomic E-state index is 0.0169. The van der Waals surface area contributed by atoms with Crippen molar-refractivity contribution >= 4 is 22.4 Å². The Bertz CT molecular complexity index is 1590. The maximum Gasteiger partial charge on any atom is 0.281 e. The van der Waals surface area contributed by atoms with Gasteiger partial charge in [-0.05, 0) is 38.0 Å². The third-order valence-corrected chi connectivity index (χ3v) is 7.58. The fraction of sp³-hybridized carbons (Fsp3) is 0.444. The molecule has 1 unspecified atom stereocenters. The number of rotatable bonds is 6. The number of halogens is 2. The smallest absolute Gasteiger partial charge is 0.281 e. The van der Waals surface area contributed by atoms with Crippen molar-refractivity contribution in [1.29, 1.82) is 5.26 Å². The summed E-state index contributed by atoms with van der Waals surface area (Å²) in [6.07, 6.45) is 1.25. The maximum absolute atomic E-state index is 13.2. The van der Waals surface area contributed by atoms with Gasteiger partial charge in [0.2, 0.25) is 0 Å². The van der Waals surface area contributed by atoms with Gasteiger partial charge in [-0.25, -0.2) is 27.9 Å². The Morgan fingerprint density at radius 1 is 1.18 bits per heavy atom. The van der Waals surface area contributed by atoms with E-state index in [0.29, 0.717) is 28.9 Å². The van der Waals surface area contributed by atoms with Gasteiger partial charge in [-0.3, -0.25) is 14.7 Å². The van der Waals surface area contributed by atoms with Crippen LogP contribution in [0.3, 0.4) is 0 Å². The topological polar surface area (TPSA) is 95.3 Å². The van der Waals surface area contributed by atoms with Gasteiger partial charge in [0.25, 0.3) is 12.0 Å². The molecule has 9 nitrogen and oxygen atoms in total. The second kappa shape index (κ2) is 10.1. The number of hydrogen-bond acceptors (Lipinski definition) is 7. The zero-order chi connectivity index (χ0) is 27.1. The SMILES string of the molecule is CC[C@@H]1CN(c2cc(=O)n(C)n3cc(CC#N)nc23)[C@@H](C)CN1C(C)c1ccc2ncc(C(F)F)nc2c1. The molecule has 1 aromatic carbocycles. The first-order valence-corrected chi connectivity index (χ1v) is 12.7. The molecular formula is C27H30F2N8O. The Kier molecular flexibility index (Phi) is 6.84. The number of fused-ring (bicyclic) bond motifs is 2. The van der Waals surface area contributed by atoms with E-state index in [1.54, 1.807) is 23.8 Å². The molecule has 0 aliphatic carbocycles. The van der Waals surface area contributed by atoms with Crippen LogP contribution in [0.5, 0.6) is 0 Å². The number of anilines is 1. The van der Waals surface area contributed by atoms with E-state index in [1.807, 2.05) is 18.2 Å². The van der Waals surface area contributed by atoms with Crippen molar-refractivity contribution in [2.45, 2.75) is 58.2 Å². The van der Waals surface area contributed by atoms with Gasteiger partial charge in [0.1, 0.15) is 5.69 Å². The van der Waals surface area contributed by atoms with Crippen molar-refractivity contribution in [2.75, 3.05) is 18.0 Å². The minimum Gasteiger partial charge on any atom is -0.363 e. The lowest BCUT2D eigenvalue weighted by Crippen LogP contribution is -2.58. The van der Waals surface area contributed by atoms with Gasteiger partial charge in [0.05, 0.1) is 47.3 Å². The summed E-state index contributed by atoms with van der Waals surface area (Å²) < 4.78 is 29.6. The molecule has 0 spiro atoms. The average molecular weight is 521 g/mol. The molecular weight excluding hydrogens is 490 g/mol. The summed E-state index contributed by atoms with van der Waals surface area (Å²) >= 11 is 0. The Hall–Kier alpha value is -3.91. The molecule has 5 rings (SSSR count). The van der Waals surface area contributed by atoms with Crippen LogP contribution in [0, 0.1) is 11.3 Å². The van der Waals surface area contributed by atoms with E-state index in [1.165, 1.54) is 4.68 Å². The molecule has 3 aromatic heterocycles. The van der Waals surface area contributed by atoms with Crippen LogP contribution in [-0.2, 0) is 13.5 Å². The summed E-state index contributed by atoms with van der Waals surface area (Å²) in [4.78, 5) is 30.4. The van der Waals surface area contributed by atoms with Gasteiger partial charge in [0, 0.05) is 44.3 Å². The highest BCUT2D eigenvalue weighted by atomic mass is 19.3. The number of aromatic nitrogens is 5. The quantitative estimate of drug-likeness (QED) is 0.379.